The molecule has 1 saturated heterocycles. The standard InChI is InChI=1S/C19H20Cl2FN3O/c1-13(19(26)23-18-6-5-15(21)12-17(18)22)24-7-9-25(10-8-24)16-4-2-3-14(20)11-16/h2-6,11-13H,7-10H2,1H3,(H,23,26)/t13-/m1/s1. The molecule has 0 aliphatic carbocycles. The van der Waals surface area contributed by atoms with Crippen molar-refractivity contribution in [3.63, 3.8) is 0 Å². The highest BCUT2D eigenvalue weighted by molar-refractivity contribution is 6.31. The number of benzene rings is 2. The van der Waals surface area contributed by atoms with Crippen molar-refractivity contribution in [2.24, 2.45) is 0 Å². The minimum absolute atomic E-state index is 0.142. The maximum absolute atomic E-state index is 13.9. The highest BCUT2D eigenvalue weighted by Gasteiger charge is 2.26. The van der Waals surface area contributed by atoms with E-state index in [1.165, 1.54) is 12.1 Å². The van der Waals surface area contributed by atoms with Crippen LogP contribution in [0.5, 0.6) is 0 Å². The maximum atomic E-state index is 13.9. The van der Waals surface area contributed by atoms with E-state index < -0.39 is 5.82 Å². The summed E-state index contributed by atoms with van der Waals surface area (Å²) in [7, 11) is 0. The highest BCUT2D eigenvalue weighted by atomic mass is 35.5. The Morgan fingerprint density at radius 1 is 1.08 bits per heavy atom. The number of hydrogen-bond donors (Lipinski definition) is 1. The molecule has 138 valence electrons. The van der Waals surface area contributed by atoms with Crippen molar-refractivity contribution < 1.29 is 9.18 Å². The quantitative estimate of drug-likeness (QED) is 0.838. The summed E-state index contributed by atoms with van der Waals surface area (Å²) >= 11 is 11.8. The van der Waals surface area contributed by atoms with Crippen LogP contribution < -0.4 is 10.2 Å². The molecule has 26 heavy (non-hydrogen) atoms. The zero-order valence-corrected chi connectivity index (χ0v) is 15.9. The summed E-state index contributed by atoms with van der Waals surface area (Å²) < 4.78 is 13.9. The predicted octanol–water partition coefficient (Wildman–Crippen LogP) is 4.28. The molecule has 1 heterocycles. The lowest BCUT2D eigenvalue weighted by Crippen LogP contribution is -2.52. The Kier molecular flexibility index (Phi) is 6.01. The van der Waals surface area contributed by atoms with Crippen LogP contribution in [0.4, 0.5) is 15.8 Å². The Bertz CT molecular complexity index is 794. The third-order valence-corrected chi connectivity index (χ3v) is 5.07. The van der Waals surface area contributed by atoms with Crippen LogP contribution in [-0.4, -0.2) is 43.0 Å². The Labute approximate surface area is 162 Å². The second kappa shape index (κ2) is 8.25. The van der Waals surface area contributed by atoms with Crippen LogP contribution in [0.15, 0.2) is 42.5 Å². The van der Waals surface area contributed by atoms with E-state index in [9.17, 15) is 9.18 Å². The Balaban J connectivity index is 1.57. The molecule has 0 aromatic heterocycles. The number of halogens is 3. The van der Waals surface area contributed by atoms with Gasteiger partial charge in [-0.3, -0.25) is 9.69 Å². The zero-order chi connectivity index (χ0) is 18.7. The minimum atomic E-state index is -0.538. The summed E-state index contributed by atoms with van der Waals surface area (Å²) in [6.07, 6.45) is 0. The first-order chi connectivity index (χ1) is 12.4. The van der Waals surface area contributed by atoms with Crippen LogP contribution in [0.2, 0.25) is 10.0 Å². The third-order valence-electron chi connectivity index (χ3n) is 4.60. The summed E-state index contributed by atoms with van der Waals surface area (Å²) in [5.74, 6) is -0.772. The monoisotopic (exact) mass is 395 g/mol. The Hall–Kier alpha value is -1.82. The number of nitrogens with one attached hydrogen (secondary N) is 1. The van der Waals surface area contributed by atoms with Gasteiger partial charge in [0, 0.05) is 41.9 Å². The molecule has 0 spiro atoms. The second-order valence-corrected chi connectivity index (χ2v) is 7.17. The fourth-order valence-corrected chi connectivity index (χ4v) is 3.38. The van der Waals surface area contributed by atoms with Gasteiger partial charge in [-0.25, -0.2) is 4.39 Å². The van der Waals surface area contributed by atoms with E-state index in [0.717, 1.165) is 31.9 Å². The number of anilines is 2. The molecule has 0 saturated carbocycles. The third kappa shape index (κ3) is 4.47. The van der Waals surface area contributed by atoms with Crippen molar-refractivity contribution in [2.45, 2.75) is 13.0 Å². The lowest BCUT2D eigenvalue weighted by molar-refractivity contribution is -0.120. The molecule has 7 heteroatoms. The molecule has 1 fully saturated rings. The highest BCUT2D eigenvalue weighted by Crippen LogP contribution is 2.22. The molecule has 0 radical (unpaired) electrons. The van der Waals surface area contributed by atoms with E-state index in [-0.39, 0.29) is 17.6 Å². The molecule has 3 rings (SSSR count). The first kappa shape index (κ1) is 19.0. The van der Waals surface area contributed by atoms with Crippen molar-refractivity contribution in [3.8, 4) is 0 Å². The molecule has 1 amide bonds. The van der Waals surface area contributed by atoms with Gasteiger partial charge < -0.3 is 10.2 Å². The van der Waals surface area contributed by atoms with Crippen LogP contribution in [-0.2, 0) is 4.79 Å². The predicted molar refractivity (Wildman–Crippen MR) is 105 cm³/mol. The van der Waals surface area contributed by atoms with Crippen molar-refractivity contribution in [1.82, 2.24) is 4.90 Å². The van der Waals surface area contributed by atoms with E-state index >= 15 is 0 Å². The summed E-state index contributed by atoms with van der Waals surface area (Å²) in [5.41, 5.74) is 1.22. The SMILES string of the molecule is C[C@H](C(=O)Nc1ccc(Cl)cc1F)N1CCN(c2cccc(Cl)c2)CC1. The van der Waals surface area contributed by atoms with Crippen LogP contribution in [0.25, 0.3) is 0 Å². The van der Waals surface area contributed by atoms with Crippen molar-refractivity contribution >= 4 is 40.5 Å². The van der Waals surface area contributed by atoms with Crippen LogP contribution >= 0.6 is 23.2 Å². The number of amides is 1. The average Bonchev–Trinajstić information content (AvgIpc) is 2.63. The van der Waals surface area contributed by atoms with Crippen molar-refractivity contribution in [1.29, 1.82) is 0 Å². The summed E-state index contributed by atoms with van der Waals surface area (Å²) in [6, 6.07) is 11.6. The fraction of sp³-hybridized carbons (Fsp3) is 0.316. The summed E-state index contributed by atoms with van der Waals surface area (Å²) in [5, 5.41) is 3.65. The topological polar surface area (TPSA) is 35.6 Å². The van der Waals surface area contributed by atoms with Gasteiger partial charge in [0.15, 0.2) is 0 Å². The number of nitrogens with zero attached hydrogens (tertiary/aromatic N) is 2. The molecule has 1 N–H and O–H groups in total. The Morgan fingerprint density at radius 2 is 1.77 bits per heavy atom. The van der Waals surface area contributed by atoms with Crippen LogP contribution in [0.3, 0.4) is 0 Å². The van der Waals surface area contributed by atoms with Gasteiger partial charge in [-0.1, -0.05) is 29.3 Å². The van der Waals surface area contributed by atoms with E-state index in [0.29, 0.717) is 10.0 Å². The largest absolute Gasteiger partial charge is 0.369 e. The normalized spacial score (nSPS) is 16.4. The van der Waals surface area contributed by atoms with Gasteiger partial charge in [0.1, 0.15) is 5.82 Å². The number of hydrogen-bond acceptors (Lipinski definition) is 3. The van der Waals surface area contributed by atoms with Gasteiger partial charge in [0.05, 0.1) is 11.7 Å². The molecule has 1 aliphatic rings. The summed E-state index contributed by atoms with van der Waals surface area (Å²) in [6.45, 7) is 4.91. The molecular weight excluding hydrogens is 376 g/mol. The van der Waals surface area contributed by atoms with Crippen LogP contribution in [0.1, 0.15) is 6.92 Å². The lowest BCUT2D eigenvalue weighted by atomic mass is 10.2. The number of carbonyl (C=O) groups is 1. The number of rotatable bonds is 4. The van der Waals surface area contributed by atoms with E-state index in [1.54, 1.807) is 6.07 Å². The molecular formula is C19H20Cl2FN3O. The molecule has 2 aromatic rings. The zero-order valence-electron chi connectivity index (χ0n) is 14.4. The average molecular weight is 396 g/mol. The maximum Gasteiger partial charge on any atom is 0.241 e. The first-order valence-corrected chi connectivity index (χ1v) is 9.20. The van der Waals surface area contributed by atoms with Gasteiger partial charge in [-0.05, 0) is 43.3 Å². The van der Waals surface area contributed by atoms with Gasteiger partial charge in [0.25, 0.3) is 0 Å². The second-order valence-electron chi connectivity index (χ2n) is 6.29. The van der Waals surface area contributed by atoms with Crippen LogP contribution in [0, 0.1) is 5.82 Å². The van der Waals surface area contributed by atoms with Gasteiger partial charge in [-0.15, -0.1) is 0 Å². The molecule has 0 unspecified atom stereocenters. The fourth-order valence-electron chi connectivity index (χ4n) is 3.03. The van der Waals surface area contributed by atoms with Gasteiger partial charge in [-0.2, -0.15) is 0 Å². The Morgan fingerprint density at radius 3 is 2.42 bits per heavy atom. The lowest BCUT2D eigenvalue weighted by Gasteiger charge is -2.38. The molecule has 1 atom stereocenters. The van der Waals surface area contributed by atoms with Gasteiger partial charge >= 0.3 is 0 Å². The molecule has 1 aliphatic heterocycles. The minimum Gasteiger partial charge on any atom is -0.369 e. The van der Waals surface area contributed by atoms with E-state index in [2.05, 4.69) is 15.1 Å². The van der Waals surface area contributed by atoms with E-state index in [4.69, 9.17) is 23.2 Å². The van der Waals surface area contributed by atoms with Crippen molar-refractivity contribution in [2.75, 3.05) is 36.4 Å². The number of carbonyl (C=O) groups excluding carboxylic acids is 1. The first-order valence-electron chi connectivity index (χ1n) is 8.44. The van der Waals surface area contributed by atoms with Crippen molar-refractivity contribution in [3.05, 3.63) is 58.3 Å². The molecule has 2 aromatic carbocycles. The smallest absolute Gasteiger partial charge is 0.241 e. The van der Waals surface area contributed by atoms with E-state index in [1.807, 2.05) is 31.2 Å². The molecule has 4 nitrogen and oxygen atoms in total. The number of piperazine rings is 1. The summed E-state index contributed by atoms with van der Waals surface area (Å²) in [4.78, 5) is 16.8. The molecule has 0 bridgehead atoms. The van der Waals surface area contributed by atoms with Gasteiger partial charge in [0.2, 0.25) is 5.91 Å².